The first kappa shape index (κ1) is 17.9. The van der Waals surface area contributed by atoms with Crippen molar-refractivity contribution in [2.75, 3.05) is 0 Å². The highest BCUT2D eigenvalue weighted by Crippen LogP contribution is 2.29. The van der Waals surface area contributed by atoms with Crippen LogP contribution in [0.5, 0.6) is 11.5 Å². The number of ether oxygens (including phenoxy) is 2. The van der Waals surface area contributed by atoms with Gasteiger partial charge in [-0.3, -0.25) is 14.4 Å². The molecule has 0 fully saturated rings. The Labute approximate surface area is 131 Å². The zero-order chi connectivity index (χ0) is 17.6. The number of amides is 1. The van der Waals surface area contributed by atoms with Gasteiger partial charge in [0.05, 0.1) is 0 Å². The van der Waals surface area contributed by atoms with E-state index in [0.717, 1.165) is 0 Å². The lowest BCUT2D eigenvalue weighted by Crippen LogP contribution is -2.24. The molecule has 0 radical (unpaired) electrons. The molecule has 0 aliphatic rings. The second kappa shape index (κ2) is 7.74. The number of aliphatic carboxylic acids is 1. The minimum Gasteiger partial charge on any atom is -0.477 e. The first-order valence-electron chi connectivity index (χ1n) is 6.42. The molecule has 0 aliphatic heterocycles. The Kier molecular flexibility index (Phi) is 6.02. The van der Waals surface area contributed by atoms with Crippen molar-refractivity contribution in [3.8, 4) is 11.5 Å². The van der Waals surface area contributed by atoms with Crippen molar-refractivity contribution in [2.45, 2.75) is 20.8 Å². The second-order valence-corrected chi connectivity index (χ2v) is 4.44. The maximum absolute atomic E-state index is 11.1. The number of carbonyl (C=O) groups is 4. The van der Waals surface area contributed by atoms with Gasteiger partial charge in [-0.05, 0) is 23.8 Å². The van der Waals surface area contributed by atoms with E-state index in [4.69, 9.17) is 14.6 Å². The van der Waals surface area contributed by atoms with E-state index in [1.165, 1.54) is 45.0 Å². The van der Waals surface area contributed by atoms with E-state index in [-0.39, 0.29) is 17.2 Å². The highest BCUT2D eigenvalue weighted by atomic mass is 16.6. The van der Waals surface area contributed by atoms with Crippen molar-refractivity contribution in [1.82, 2.24) is 5.32 Å². The maximum atomic E-state index is 11.1. The summed E-state index contributed by atoms with van der Waals surface area (Å²) in [6.45, 7) is 3.52. The normalized spacial score (nSPS) is 10.7. The molecule has 0 unspecified atom stereocenters. The number of carboxylic acid groups (broad SMARTS) is 1. The molecule has 1 aromatic carbocycles. The summed E-state index contributed by atoms with van der Waals surface area (Å²) in [7, 11) is 0. The van der Waals surface area contributed by atoms with Crippen LogP contribution in [0.3, 0.4) is 0 Å². The molecular formula is C15H15NO7. The van der Waals surface area contributed by atoms with Crippen LogP contribution in [0.25, 0.3) is 6.08 Å². The Balaban J connectivity index is 3.26. The Morgan fingerprint density at radius 1 is 1.00 bits per heavy atom. The number of hydrogen-bond donors (Lipinski definition) is 2. The van der Waals surface area contributed by atoms with Gasteiger partial charge in [-0.2, -0.15) is 0 Å². The molecule has 1 amide bonds. The molecule has 0 aromatic heterocycles. The van der Waals surface area contributed by atoms with Crippen LogP contribution in [0, 0.1) is 0 Å². The summed E-state index contributed by atoms with van der Waals surface area (Å²) in [4.78, 5) is 44.2. The Hall–Kier alpha value is -3.16. The molecule has 1 rings (SSSR count). The molecule has 0 saturated carbocycles. The van der Waals surface area contributed by atoms with Crippen molar-refractivity contribution in [3.05, 3.63) is 29.5 Å². The van der Waals surface area contributed by atoms with Gasteiger partial charge in [0.15, 0.2) is 11.5 Å². The van der Waals surface area contributed by atoms with Gasteiger partial charge in [0.1, 0.15) is 5.70 Å². The summed E-state index contributed by atoms with van der Waals surface area (Å²) in [6, 6.07) is 4.10. The molecule has 0 saturated heterocycles. The Morgan fingerprint density at radius 3 is 2.04 bits per heavy atom. The van der Waals surface area contributed by atoms with E-state index in [9.17, 15) is 19.2 Å². The quantitative estimate of drug-likeness (QED) is 0.473. The number of benzene rings is 1. The van der Waals surface area contributed by atoms with Crippen molar-refractivity contribution in [1.29, 1.82) is 0 Å². The van der Waals surface area contributed by atoms with Gasteiger partial charge in [-0.15, -0.1) is 0 Å². The van der Waals surface area contributed by atoms with Crippen molar-refractivity contribution in [3.63, 3.8) is 0 Å². The van der Waals surface area contributed by atoms with Crippen LogP contribution in [-0.2, 0) is 19.2 Å². The lowest BCUT2D eigenvalue weighted by molar-refractivity contribution is -0.134. The Bertz CT molecular complexity index is 691. The third kappa shape index (κ3) is 6.00. The Morgan fingerprint density at radius 2 is 1.57 bits per heavy atom. The van der Waals surface area contributed by atoms with E-state index in [2.05, 4.69) is 5.32 Å². The lowest BCUT2D eigenvalue weighted by atomic mass is 10.1. The molecule has 0 spiro atoms. The van der Waals surface area contributed by atoms with E-state index in [0.29, 0.717) is 5.56 Å². The molecule has 8 nitrogen and oxygen atoms in total. The number of carboxylic acids is 1. The monoisotopic (exact) mass is 321 g/mol. The molecule has 122 valence electrons. The topological polar surface area (TPSA) is 119 Å². The molecule has 1 aromatic rings. The zero-order valence-electron chi connectivity index (χ0n) is 12.7. The lowest BCUT2D eigenvalue weighted by Gasteiger charge is -2.10. The van der Waals surface area contributed by atoms with Gasteiger partial charge in [0.25, 0.3) is 0 Å². The summed E-state index contributed by atoms with van der Waals surface area (Å²) in [5, 5.41) is 11.2. The third-order valence-electron chi connectivity index (χ3n) is 2.33. The fourth-order valence-corrected chi connectivity index (χ4v) is 1.60. The van der Waals surface area contributed by atoms with E-state index in [1.807, 2.05) is 0 Å². The highest BCUT2D eigenvalue weighted by Gasteiger charge is 2.13. The van der Waals surface area contributed by atoms with Crippen LogP contribution >= 0.6 is 0 Å². The predicted octanol–water partition coefficient (Wildman–Crippen LogP) is 1.10. The molecule has 0 atom stereocenters. The second-order valence-electron chi connectivity index (χ2n) is 4.44. The molecule has 0 bridgehead atoms. The first-order valence-corrected chi connectivity index (χ1v) is 6.42. The number of carbonyl (C=O) groups excluding carboxylic acids is 3. The molecule has 8 heteroatoms. The average Bonchev–Trinajstić information content (AvgIpc) is 2.39. The minimum absolute atomic E-state index is 0.0150. The van der Waals surface area contributed by atoms with Crippen LogP contribution in [-0.4, -0.2) is 28.9 Å². The van der Waals surface area contributed by atoms with Gasteiger partial charge in [-0.1, -0.05) is 6.07 Å². The highest BCUT2D eigenvalue weighted by molar-refractivity contribution is 5.96. The van der Waals surface area contributed by atoms with Crippen LogP contribution in [0.1, 0.15) is 26.3 Å². The number of rotatable bonds is 5. The average molecular weight is 321 g/mol. The summed E-state index contributed by atoms with van der Waals surface area (Å²) >= 11 is 0. The maximum Gasteiger partial charge on any atom is 0.352 e. The van der Waals surface area contributed by atoms with Crippen LogP contribution in [0.15, 0.2) is 23.9 Å². The SMILES string of the molecule is CC(=O)N/C(=C\c1ccc(OC(C)=O)c(OC(C)=O)c1)C(=O)O. The first-order chi connectivity index (χ1) is 10.7. The van der Waals surface area contributed by atoms with Gasteiger partial charge < -0.3 is 19.9 Å². The van der Waals surface area contributed by atoms with E-state index >= 15 is 0 Å². The van der Waals surface area contributed by atoms with Gasteiger partial charge in [0.2, 0.25) is 5.91 Å². The van der Waals surface area contributed by atoms with Gasteiger partial charge in [0, 0.05) is 20.8 Å². The molecular weight excluding hydrogens is 306 g/mol. The zero-order valence-corrected chi connectivity index (χ0v) is 12.7. The molecule has 2 N–H and O–H groups in total. The third-order valence-corrected chi connectivity index (χ3v) is 2.33. The van der Waals surface area contributed by atoms with E-state index in [1.54, 1.807) is 0 Å². The van der Waals surface area contributed by atoms with Crippen LogP contribution < -0.4 is 14.8 Å². The van der Waals surface area contributed by atoms with Crippen molar-refractivity contribution >= 4 is 29.9 Å². The molecule has 23 heavy (non-hydrogen) atoms. The van der Waals surface area contributed by atoms with Gasteiger partial charge in [-0.25, -0.2) is 4.79 Å². The van der Waals surface area contributed by atoms with Crippen molar-refractivity contribution < 1.29 is 33.8 Å². The molecule has 0 aliphatic carbocycles. The number of hydrogen-bond acceptors (Lipinski definition) is 6. The number of nitrogens with one attached hydrogen (secondary N) is 1. The standard InChI is InChI=1S/C15H15NO7/c1-8(17)16-12(15(20)21)6-11-4-5-13(22-9(2)18)14(7-11)23-10(3)19/h4-7H,1-3H3,(H,16,17)(H,20,21)/b12-6-. The smallest absolute Gasteiger partial charge is 0.352 e. The summed E-state index contributed by atoms with van der Waals surface area (Å²) in [6.07, 6.45) is 1.17. The predicted molar refractivity (Wildman–Crippen MR) is 78.5 cm³/mol. The fourth-order valence-electron chi connectivity index (χ4n) is 1.60. The van der Waals surface area contributed by atoms with Crippen LogP contribution in [0.4, 0.5) is 0 Å². The summed E-state index contributed by atoms with van der Waals surface area (Å²) in [5.41, 5.74) is -0.0326. The van der Waals surface area contributed by atoms with E-state index < -0.39 is 23.8 Å². The minimum atomic E-state index is -1.33. The fraction of sp³-hybridized carbons (Fsp3) is 0.200. The summed E-state index contributed by atoms with van der Waals surface area (Å²) < 4.78 is 9.83. The van der Waals surface area contributed by atoms with Gasteiger partial charge >= 0.3 is 17.9 Å². The van der Waals surface area contributed by atoms with Crippen molar-refractivity contribution in [2.24, 2.45) is 0 Å². The number of esters is 2. The largest absolute Gasteiger partial charge is 0.477 e. The summed E-state index contributed by atoms with van der Waals surface area (Å²) in [5.74, 6) is -3.16. The van der Waals surface area contributed by atoms with Crippen LogP contribution in [0.2, 0.25) is 0 Å². The molecule has 0 heterocycles.